The summed E-state index contributed by atoms with van der Waals surface area (Å²) in [6.07, 6.45) is 1.81. The fraction of sp³-hybridized carbons (Fsp3) is 0.786. The minimum atomic E-state index is -0.352. The molecule has 0 aromatic carbocycles. The van der Waals surface area contributed by atoms with Crippen molar-refractivity contribution in [3.63, 3.8) is 0 Å². The maximum Gasteiger partial charge on any atom is 0.309 e. The molecule has 0 aliphatic carbocycles. The van der Waals surface area contributed by atoms with Crippen molar-refractivity contribution in [3.05, 3.63) is 0 Å². The number of rotatable bonds is 7. The largest absolute Gasteiger partial charge is 0.469 e. The van der Waals surface area contributed by atoms with Gasteiger partial charge >= 0.3 is 5.97 Å². The summed E-state index contributed by atoms with van der Waals surface area (Å²) in [5, 5.41) is -0.352. The van der Waals surface area contributed by atoms with Gasteiger partial charge in [0.1, 0.15) is 0 Å². The average molecular weight is 301 g/mol. The van der Waals surface area contributed by atoms with Crippen molar-refractivity contribution in [2.45, 2.75) is 51.3 Å². The van der Waals surface area contributed by atoms with E-state index in [9.17, 15) is 14.4 Å². The Balaban J connectivity index is 2.60. The maximum atomic E-state index is 12.3. The maximum absolute atomic E-state index is 12.3. The van der Waals surface area contributed by atoms with E-state index in [0.29, 0.717) is 5.75 Å². The van der Waals surface area contributed by atoms with Gasteiger partial charge in [-0.15, -0.1) is 11.8 Å². The molecule has 1 aliphatic heterocycles. The molecule has 2 amide bonds. The third-order valence-corrected chi connectivity index (χ3v) is 5.06. The van der Waals surface area contributed by atoms with Crippen LogP contribution in [-0.2, 0) is 19.1 Å². The van der Waals surface area contributed by atoms with Gasteiger partial charge in [0.2, 0.25) is 11.8 Å². The number of imide groups is 1. The molecule has 0 bridgehead atoms. The summed E-state index contributed by atoms with van der Waals surface area (Å²) in [5.41, 5.74) is 0. The van der Waals surface area contributed by atoms with Crippen LogP contribution >= 0.6 is 11.8 Å². The lowest BCUT2D eigenvalue weighted by atomic mass is 10.1. The van der Waals surface area contributed by atoms with Crippen LogP contribution in [0.5, 0.6) is 0 Å². The van der Waals surface area contributed by atoms with Gasteiger partial charge in [0.05, 0.1) is 18.3 Å². The normalized spacial score (nSPS) is 20.6. The van der Waals surface area contributed by atoms with E-state index in [-0.39, 0.29) is 41.4 Å². The minimum Gasteiger partial charge on any atom is -0.469 e. The van der Waals surface area contributed by atoms with Crippen molar-refractivity contribution in [3.8, 4) is 0 Å². The Kier molecular flexibility index (Phi) is 6.52. The highest BCUT2D eigenvalue weighted by atomic mass is 32.2. The van der Waals surface area contributed by atoms with Crippen molar-refractivity contribution in [1.29, 1.82) is 0 Å². The lowest BCUT2D eigenvalue weighted by Crippen LogP contribution is -2.40. The number of hydrogen-bond donors (Lipinski definition) is 0. The molecule has 0 radical (unpaired) electrons. The molecular weight excluding hydrogens is 278 g/mol. The van der Waals surface area contributed by atoms with E-state index in [1.807, 2.05) is 13.8 Å². The fourth-order valence-electron chi connectivity index (χ4n) is 2.32. The highest BCUT2D eigenvalue weighted by Crippen LogP contribution is 2.29. The zero-order valence-electron chi connectivity index (χ0n) is 12.5. The number of ether oxygens (including phenoxy) is 1. The van der Waals surface area contributed by atoms with E-state index in [0.717, 1.165) is 12.8 Å². The Morgan fingerprint density at radius 3 is 2.50 bits per heavy atom. The molecule has 0 aromatic heterocycles. The van der Waals surface area contributed by atoms with E-state index in [1.54, 1.807) is 6.92 Å². The standard InChI is InChI=1S/C14H23NO4S/c1-5-10(6-2)15-12(16)7-11(13(15)17)20-8-9(3)14(18)19-4/h9-11H,5-8H2,1-4H3. The topological polar surface area (TPSA) is 63.7 Å². The van der Waals surface area contributed by atoms with Gasteiger partial charge in [0.15, 0.2) is 0 Å². The number of carbonyl (C=O) groups is 3. The van der Waals surface area contributed by atoms with Gasteiger partial charge < -0.3 is 4.74 Å². The van der Waals surface area contributed by atoms with Crippen LogP contribution in [0.1, 0.15) is 40.0 Å². The Labute approximate surface area is 124 Å². The predicted octanol–water partition coefficient (Wildman–Crippen LogP) is 1.84. The molecule has 0 aromatic rings. The summed E-state index contributed by atoms with van der Waals surface area (Å²) in [4.78, 5) is 37.0. The zero-order chi connectivity index (χ0) is 15.3. The second-order valence-corrected chi connectivity index (χ2v) is 6.26. The number of nitrogens with zero attached hydrogens (tertiary/aromatic N) is 1. The molecule has 2 unspecified atom stereocenters. The SMILES string of the molecule is CCC(CC)N1C(=O)CC(SCC(C)C(=O)OC)C1=O. The molecule has 1 heterocycles. The van der Waals surface area contributed by atoms with Gasteiger partial charge in [-0.2, -0.15) is 0 Å². The molecule has 6 heteroatoms. The molecular formula is C14H23NO4S. The van der Waals surface area contributed by atoms with Crippen LogP contribution in [0.4, 0.5) is 0 Å². The Morgan fingerprint density at radius 1 is 1.40 bits per heavy atom. The number of carbonyl (C=O) groups excluding carboxylic acids is 3. The number of likely N-dealkylation sites (tertiary alicyclic amines) is 1. The first-order valence-electron chi connectivity index (χ1n) is 7.01. The summed E-state index contributed by atoms with van der Waals surface area (Å²) in [6, 6.07) is -0.00127. The Morgan fingerprint density at radius 2 is 2.00 bits per heavy atom. The molecule has 0 N–H and O–H groups in total. The summed E-state index contributed by atoms with van der Waals surface area (Å²) in [5.74, 6) is -0.258. The molecule has 20 heavy (non-hydrogen) atoms. The number of methoxy groups -OCH3 is 1. The van der Waals surface area contributed by atoms with Crippen LogP contribution in [0.25, 0.3) is 0 Å². The number of hydrogen-bond acceptors (Lipinski definition) is 5. The first kappa shape index (κ1) is 17.0. The summed E-state index contributed by atoms with van der Waals surface area (Å²) in [7, 11) is 1.35. The monoisotopic (exact) mass is 301 g/mol. The quantitative estimate of drug-likeness (QED) is 0.530. The van der Waals surface area contributed by atoms with Crippen molar-refractivity contribution in [1.82, 2.24) is 4.90 Å². The predicted molar refractivity (Wildman–Crippen MR) is 78.3 cm³/mol. The third kappa shape index (κ3) is 3.75. The van der Waals surface area contributed by atoms with Crippen molar-refractivity contribution in [2.75, 3.05) is 12.9 Å². The van der Waals surface area contributed by atoms with Crippen molar-refractivity contribution >= 4 is 29.5 Å². The highest BCUT2D eigenvalue weighted by Gasteiger charge is 2.41. The summed E-state index contributed by atoms with van der Waals surface area (Å²) < 4.78 is 4.65. The lowest BCUT2D eigenvalue weighted by molar-refractivity contribution is -0.144. The van der Waals surface area contributed by atoms with Gasteiger partial charge in [0.25, 0.3) is 0 Å². The molecule has 0 spiro atoms. The van der Waals surface area contributed by atoms with E-state index < -0.39 is 0 Å². The first-order chi connectivity index (χ1) is 9.46. The molecule has 1 aliphatic rings. The van der Waals surface area contributed by atoms with Gasteiger partial charge in [0, 0.05) is 18.2 Å². The van der Waals surface area contributed by atoms with E-state index in [1.165, 1.54) is 23.8 Å². The third-order valence-electron chi connectivity index (χ3n) is 3.60. The zero-order valence-corrected chi connectivity index (χ0v) is 13.4. The van der Waals surface area contributed by atoms with Gasteiger partial charge in [-0.05, 0) is 12.8 Å². The molecule has 1 fully saturated rings. The van der Waals surface area contributed by atoms with E-state index in [4.69, 9.17) is 0 Å². The van der Waals surface area contributed by atoms with E-state index in [2.05, 4.69) is 4.74 Å². The number of amides is 2. The highest BCUT2D eigenvalue weighted by molar-refractivity contribution is 8.00. The Hall–Kier alpha value is -1.04. The molecule has 114 valence electrons. The van der Waals surface area contributed by atoms with Gasteiger partial charge in [-0.25, -0.2) is 0 Å². The first-order valence-corrected chi connectivity index (χ1v) is 8.06. The van der Waals surface area contributed by atoms with Crippen LogP contribution in [0.2, 0.25) is 0 Å². The smallest absolute Gasteiger partial charge is 0.309 e. The van der Waals surface area contributed by atoms with Crippen LogP contribution in [0.3, 0.4) is 0 Å². The number of esters is 1. The fourth-order valence-corrected chi connectivity index (χ4v) is 3.49. The molecule has 5 nitrogen and oxygen atoms in total. The summed E-state index contributed by atoms with van der Waals surface area (Å²) in [6.45, 7) is 5.72. The molecule has 1 rings (SSSR count). The second kappa shape index (κ2) is 7.67. The van der Waals surface area contributed by atoms with Crippen LogP contribution < -0.4 is 0 Å². The molecule has 2 atom stereocenters. The van der Waals surface area contributed by atoms with Crippen molar-refractivity contribution < 1.29 is 19.1 Å². The van der Waals surface area contributed by atoms with Gasteiger partial charge in [-0.1, -0.05) is 20.8 Å². The van der Waals surface area contributed by atoms with Gasteiger partial charge in [-0.3, -0.25) is 19.3 Å². The van der Waals surface area contributed by atoms with Crippen LogP contribution in [0.15, 0.2) is 0 Å². The van der Waals surface area contributed by atoms with Crippen LogP contribution in [0, 0.1) is 5.92 Å². The van der Waals surface area contributed by atoms with Crippen LogP contribution in [-0.4, -0.2) is 46.8 Å². The van der Waals surface area contributed by atoms with Crippen molar-refractivity contribution in [2.24, 2.45) is 5.92 Å². The second-order valence-electron chi connectivity index (χ2n) is 5.02. The average Bonchev–Trinajstić information content (AvgIpc) is 2.73. The lowest BCUT2D eigenvalue weighted by Gasteiger charge is -2.24. The summed E-state index contributed by atoms with van der Waals surface area (Å²) >= 11 is 1.38. The molecule has 1 saturated heterocycles. The minimum absolute atomic E-state index is 0.00127. The molecule has 0 saturated carbocycles. The number of thioether (sulfide) groups is 1. The Bertz CT molecular complexity index is 381. The van der Waals surface area contributed by atoms with E-state index >= 15 is 0 Å².